The molecule has 3 aliphatic rings. The van der Waals surface area contributed by atoms with E-state index in [0.717, 1.165) is 47.9 Å². The minimum absolute atomic E-state index is 0.304. The van der Waals surface area contributed by atoms with E-state index in [-0.39, 0.29) is 6.42 Å². The molecule has 1 aliphatic carbocycles. The molecule has 0 bridgehead atoms. The lowest BCUT2D eigenvalue weighted by Crippen LogP contribution is -2.54. The van der Waals surface area contributed by atoms with E-state index in [4.69, 9.17) is 23.7 Å². The quantitative estimate of drug-likeness (QED) is 0.401. The summed E-state index contributed by atoms with van der Waals surface area (Å²) in [5.74, 6) is 1.22. The van der Waals surface area contributed by atoms with Gasteiger partial charge < -0.3 is 28.8 Å². The normalized spacial score (nSPS) is 20.4. The highest BCUT2D eigenvalue weighted by Gasteiger charge is 2.56. The molecule has 0 saturated heterocycles. The van der Waals surface area contributed by atoms with Gasteiger partial charge in [-0.3, -0.25) is 9.69 Å². The summed E-state index contributed by atoms with van der Waals surface area (Å²) in [5.41, 5.74) is 3.18. The van der Waals surface area contributed by atoms with Crippen LogP contribution in [0.2, 0.25) is 0 Å². The van der Waals surface area contributed by atoms with Crippen LogP contribution in [0.3, 0.4) is 0 Å². The Hall–Kier alpha value is -3.88. The summed E-state index contributed by atoms with van der Waals surface area (Å²) in [6.45, 7) is 3.04. The fraction of sp³-hybridized carbons (Fsp3) is 0.467. The van der Waals surface area contributed by atoms with Crippen molar-refractivity contribution in [2.24, 2.45) is 0 Å². The third-order valence-corrected chi connectivity index (χ3v) is 7.96. The summed E-state index contributed by atoms with van der Waals surface area (Å²) in [7, 11) is 4.43. The van der Waals surface area contributed by atoms with E-state index in [1.54, 1.807) is 18.1 Å². The molecule has 1 N–H and O–H groups in total. The first kappa shape index (κ1) is 26.7. The Kier molecular flexibility index (Phi) is 7.34. The molecule has 2 aliphatic heterocycles. The first-order valence-corrected chi connectivity index (χ1v) is 13.4. The Morgan fingerprint density at radius 3 is 2.33 bits per heavy atom. The third-order valence-electron chi connectivity index (χ3n) is 7.96. The zero-order valence-electron chi connectivity index (χ0n) is 22.9. The van der Waals surface area contributed by atoms with Gasteiger partial charge >= 0.3 is 12.1 Å². The van der Waals surface area contributed by atoms with E-state index in [1.807, 2.05) is 18.2 Å². The van der Waals surface area contributed by atoms with Crippen molar-refractivity contribution in [1.82, 2.24) is 4.90 Å². The molecule has 208 valence electrons. The van der Waals surface area contributed by atoms with Crippen LogP contribution < -0.4 is 18.9 Å². The van der Waals surface area contributed by atoms with Gasteiger partial charge in [-0.1, -0.05) is 32.6 Å². The Morgan fingerprint density at radius 1 is 1.00 bits per heavy atom. The minimum Gasteiger partial charge on any atom is -0.493 e. The number of unbranched alkanes of at least 4 members (excludes halogenated alkanes) is 3. The Bertz CT molecular complexity index is 1320. The van der Waals surface area contributed by atoms with Gasteiger partial charge in [-0.2, -0.15) is 0 Å². The molecule has 2 unspecified atom stereocenters. The van der Waals surface area contributed by atoms with Crippen LogP contribution in [0.15, 0.2) is 24.3 Å². The zero-order chi connectivity index (χ0) is 27.7. The van der Waals surface area contributed by atoms with E-state index in [0.29, 0.717) is 48.2 Å². The van der Waals surface area contributed by atoms with Crippen LogP contribution in [0.1, 0.15) is 73.7 Å². The SMILES string of the molecule is CCCCCCC12C(=Cc3cc4c(cc31)OCCO4)c1cc(OC)c(OC)cc1C(CC(=O)O)N2C(=O)OC. The number of fused-ring (bicyclic) bond motifs is 6. The summed E-state index contributed by atoms with van der Waals surface area (Å²) < 4.78 is 28.4. The second kappa shape index (κ2) is 10.7. The van der Waals surface area contributed by atoms with Gasteiger partial charge in [0.15, 0.2) is 23.0 Å². The van der Waals surface area contributed by atoms with Gasteiger partial charge in [0, 0.05) is 0 Å². The largest absolute Gasteiger partial charge is 0.493 e. The molecule has 0 radical (unpaired) electrons. The molecule has 2 atom stereocenters. The van der Waals surface area contributed by atoms with Gasteiger partial charge in [-0.05, 0) is 64.6 Å². The monoisotopic (exact) mass is 537 g/mol. The Labute approximate surface area is 228 Å². The number of carboxylic acids is 1. The van der Waals surface area contributed by atoms with Gasteiger partial charge in [-0.25, -0.2) is 4.79 Å². The van der Waals surface area contributed by atoms with Crippen molar-refractivity contribution in [2.75, 3.05) is 34.5 Å². The fourth-order valence-corrected chi connectivity index (χ4v) is 6.32. The number of rotatable bonds is 9. The summed E-state index contributed by atoms with van der Waals surface area (Å²) >= 11 is 0. The van der Waals surface area contributed by atoms with E-state index in [2.05, 4.69) is 13.0 Å². The number of benzene rings is 2. The van der Waals surface area contributed by atoms with E-state index < -0.39 is 23.6 Å². The van der Waals surface area contributed by atoms with Gasteiger partial charge in [-0.15, -0.1) is 0 Å². The summed E-state index contributed by atoms with van der Waals surface area (Å²) in [6.07, 6.45) is 5.69. The van der Waals surface area contributed by atoms with Crippen LogP contribution in [-0.4, -0.2) is 56.6 Å². The van der Waals surface area contributed by atoms with Crippen molar-refractivity contribution < 1.29 is 38.4 Å². The van der Waals surface area contributed by atoms with Crippen molar-refractivity contribution in [1.29, 1.82) is 0 Å². The minimum atomic E-state index is -1.02. The van der Waals surface area contributed by atoms with Crippen LogP contribution in [0, 0.1) is 0 Å². The number of amides is 1. The highest BCUT2D eigenvalue weighted by atomic mass is 16.6. The molecule has 0 aromatic heterocycles. The van der Waals surface area contributed by atoms with Crippen LogP contribution in [0.25, 0.3) is 11.6 Å². The van der Waals surface area contributed by atoms with Crippen LogP contribution in [0.5, 0.6) is 23.0 Å². The fourth-order valence-electron chi connectivity index (χ4n) is 6.32. The average Bonchev–Trinajstić information content (AvgIpc) is 3.26. The van der Waals surface area contributed by atoms with E-state index in [9.17, 15) is 14.7 Å². The molecular weight excluding hydrogens is 502 g/mol. The number of hydrogen-bond acceptors (Lipinski definition) is 7. The van der Waals surface area contributed by atoms with Crippen LogP contribution >= 0.6 is 0 Å². The number of hydrogen-bond donors (Lipinski definition) is 1. The van der Waals surface area contributed by atoms with Crippen molar-refractivity contribution in [3.05, 3.63) is 46.5 Å². The molecule has 0 fully saturated rings. The molecule has 0 saturated carbocycles. The maximum atomic E-state index is 13.8. The molecule has 2 heterocycles. The molecule has 9 heteroatoms. The smallest absolute Gasteiger partial charge is 0.411 e. The third kappa shape index (κ3) is 4.33. The maximum absolute atomic E-state index is 13.8. The number of nitrogens with zero attached hydrogens (tertiary/aromatic N) is 1. The number of carbonyl (C=O) groups is 2. The molecule has 39 heavy (non-hydrogen) atoms. The van der Waals surface area contributed by atoms with Crippen molar-refractivity contribution in [3.8, 4) is 23.0 Å². The van der Waals surface area contributed by atoms with Crippen molar-refractivity contribution in [2.45, 2.75) is 57.0 Å². The molecule has 1 amide bonds. The van der Waals surface area contributed by atoms with Crippen LogP contribution in [-0.2, 0) is 15.1 Å². The number of carboxylic acid groups (broad SMARTS) is 1. The lowest BCUT2D eigenvalue weighted by atomic mass is 9.71. The summed E-state index contributed by atoms with van der Waals surface area (Å²) in [5, 5.41) is 10.0. The van der Waals surface area contributed by atoms with Gasteiger partial charge in [0.05, 0.1) is 39.3 Å². The standard InChI is InChI=1S/C30H35NO8/c1-5-6-7-8-9-30-21-16-27-26(38-10-11-39-27)13-18(21)12-22(30)19-14-24(35-2)25(36-3)15-20(19)23(17-28(32)33)31(30)29(34)37-4/h12-16,23H,5-11,17H2,1-4H3,(H,32,33). The lowest BCUT2D eigenvalue weighted by molar-refractivity contribution is -0.138. The maximum Gasteiger partial charge on any atom is 0.411 e. The summed E-state index contributed by atoms with van der Waals surface area (Å²) in [6, 6.07) is 6.76. The first-order chi connectivity index (χ1) is 18.9. The van der Waals surface area contributed by atoms with Gasteiger partial charge in [0.1, 0.15) is 13.2 Å². The molecule has 2 aromatic rings. The molecule has 0 spiro atoms. The molecule has 9 nitrogen and oxygen atoms in total. The van der Waals surface area contributed by atoms with E-state index >= 15 is 0 Å². The first-order valence-electron chi connectivity index (χ1n) is 13.4. The number of ether oxygens (including phenoxy) is 5. The second-order valence-corrected chi connectivity index (χ2v) is 10.1. The molecule has 2 aromatic carbocycles. The Balaban J connectivity index is 1.82. The zero-order valence-corrected chi connectivity index (χ0v) is 22.9. The predicted octanol–water partition coefficient (Wildman–Crippen LogP) is 5.79. The number of aliphatic carboxylic acids is 1. The average molecular weight is 538 g/mol. The number of carbonyl (C=O) groups excluding carboxylic acids is 1. The van der Waals surface area contributed by atoms with Crippen LogP contribution in [0.4, 0.5) is 4.79 Å². The summed E-state index contributed by atoms with van der Waals surface area (Å²) in [4.78, 5) is 27.6. The topological polar surface area (TPSA) is 104 Å². The lowest BCUT2D eigenvalue weighted by Gasteiger charge is -2.51. The highest BCUT2D eigenvalue weighted by molar-refractivity contribution is 5.99. The molecule has 5 rings (SSSR count). The van der Waals surface area contributed by atoms with Gasteiger partial charge in [0.25, 0.3) is 0 Å². The second-order valence-electron chi connectivity index (χ2n) is 10.1. The number of methoxy groups -OCH3 is 3. The van der Waals surface area contributed by atoms with E-state index in [1.165, 1.54) is 14.2 Å². The highest BCUT2D eigenvalue weighted by Crippen LogP contribution is 2.61. The van der Waals surface area contributed by atoms with Crippen molar-refractivity contribution >= 4 is 23.7 Å². The Morgan fingerprint density at radius 2 is 1.69 bits per heavy atom. The van der Waals surface area contributed by atoms with Crippen molar-refractivity contribution in [3.63, 3.8) is 0 Å². The molecular formula is C30H35NO8. The van der Waals surface area contributed by atoms with Gasteiger partial charge in [0.2, 0.25) is 0 Å². The predicted molar refractivity (Wildman–Crippen MR) is 145 cm³/mol.